The summed E-state index contributed by atoms with van der Waals surface area (Å²) in [5.74, 6) is -2.19. The van der Waals surface area contributed by atoms with Gasteiger partial charge in [0.2, 0.25) is 0 Å². The molecule has 3 rings (SSSR count). The molecule has 1 aromatic carbocycles. The predicted molar refractivity (Wildman–Crippen MR) is 76.7 cm³/mol. The van der Waals surface area contributed by atoms with E-state index in [0.29, 0.717) is 10.1 Å². The minimum Gasteiger partial charge on any atom is -0.477 e. The number of benzene rings is 1. The number of fused-ring (bicyclic) bond motifs is 1. The number of hydrogen-bond donors (Lipinski definition) is 1. The Balaban J connectivity index is 2.42. The van der Waals surface area contributed by atoms with E-state index < -0.39 is 17.6 Å². The Morgan fingerprint density at radius 3 is 2.76 bits per heavy atom. The summed E-state index contributed by atoms with van der Waals surface area (Å²) in [7, 11) is 0. The second-order valence-electron chi connectivity index (χ2n) is 4.51. The van der Waals surface area contributed by atoms with Gasteiger partial charge >= 0.3 is 5.97 Å². The Hall–Kier alpha value is -2.34. The second-order valence-corrected chi connectivity index (χ2v) is 5.56. The van der Waals surface area contributed by atoms with Crippen LogP contribution >= 0.6 is 11.3 Å². The first kappa shape index (κ1) is 13.6. The molecule has 0 aliphatic carbocycles. The molecule has 0 saturated carbocycles. The van der Waals surface area contributed by atoms with Crippen LogP contribution in [0.2, 0.25) is 0 Å². The quantitative estimate of drug-likeness (QED) is 0.770. The molecule has 0 aliphatic heterocycles. The lowest BCUT2D eigenvalue weighted by atomic mass is 10.0. The number of aromatic carboxylic acids is 1. The number of nitrogens with zero attached hydrogens (tertiary/aromatic N) is 1. The van der Waals surface area contributed by atoms with Gasteiger partial charge in [-0.2, -0.15) is 0 Å². The molecule has 0 fully saturated rings. The molecule has 0 atom stereocenters. The molecule has 3 aromatic rings. The number of carboxylic acid groups (broad SMARTS) is 1. The van der Waals surface area contributed by atoms with Crippen molar-refractivity contribution >= 4 is 27.4 Å². The third-order valence-electron chi connectivity index (χ3n) is 3.18. The zero-order valence-corrected chi connectivity index (χ0v) is 11.7. The summed E-state index contributed by atoms with van der Waals surface area (Å²) in [5.41, 5.74) is 0.619. The highest BCUT2D eigenvalue weighted by Gasteiger charge is 2.22. The van der Waals surface area contributed by atoms with Gasteiger partial charge in [0.05, 0.1) is 5.69 Å². The van der Waals surface area contributed by atoms with Crippen molar-refractivity contribution in [2.24, 2.45) is 0 Å². The van der Waals surface area contributed by atoms with Crippen molar-refractivity contribution in [1.82, 2.24) is 4.98 Å². The van der Waals surface area contributed by atoms with Gasteiger partial charge in [0.15, 0.2) is 5.82 Å². The van der Waals surface area contributed by atoms with Crippen LogP contribution in [0.3, 0.4) is 0 Å². The topological polar surface area (TPSA) is 50.2 Å². The molecule has 0 radical (unpaired) electrons. The molecule has 2 aromatic heterocycles. The highest BCUT2D eigenvalue weighted by atomic mass is 32.1. The van der Waals surface area contributed by atoms with Gasteiger partial charge in [-0.05, 0) is 31.2 Å². The molecule has 0 amide bonds. The first-order valence-electron chi connectivity index (χ1n) is 6.06. The van der Waals surface area contributed by atoms with E-state index in [0.717, 1.165) is 11.3 Å². The van der Waals surface area contributed by atoms with Gasteiger partial charge in [-0.25, -0.2) is 13.6 Å². The number of hydrogen-bond acceptors (Lipinski definition) is 3. The molecular formula is C15H9F2NO2S. The number of carbonyl (C=O) groups is 1. The molecular weight excluding hydrogens is 296 g/mol. The summed E-state index contributed by atoms with van der Waals surface area (Å²) in [5, 5.41) is 9.85. The fourth-order valence-electron chi connectivity index (χ4n) is 2.23. The maximum Gasteiger partial charge on any atom is 0.346 e. The summed E-state index contributed by atoms with van der Waals surface area (Å²) < 4.78 is 28.1. The third-order valence-corrected chi connectivity index (χ3v) is 4.32. The van der Waals surface area contributed by atoms with Crippen LogP contribution in [0, 0.1) is 18.6 Å². The average molecular weight is 305 g/mol. The summed E-state index contributed by atoms with van der Waals surface area (Å²) in [6, 6.07) is 5.38. The number of rotatable bonds is 2. The number of halogens is 2. The van der Waals surface area contributed by atoms with Crippen LogP contribution in [-0.2, 0) is 0 Å². The number of thiophene rings is 1. The Labute approximate surface area is 122 Å². The molecule has 0 aliphatic rings. The molecule has 0 spiro atoms. The van der Waals surface area contributed by atoms with Crippen LogP contribution in [0.4, 0.5) is 8.78 Å². The van der Waals surface area contributed by atoms with Gasteiger partial charge in [-0.1, -0.05) is 0 Å². The zero-order valence-electron chi connectivity index (χ0n) is 10.9. The first-order valence-corrected chi connectivity index (χ1v) is 6.87. The Morgan fingerprint density at radius 2 is 2.05 bits per heavy atom. The summed E-state index contributed by atoms with van der Waals surface area (Å²) in [4.78, 5) is 15.2. The summed E-state index contributed by atoms with van der Waals surface area (Å²) in [6.45, 7) is 1.51. The fourth-order valence-corrected chi connectivity index (χ4v) is 3.31. The Kier molecular flexibility index (Phi) is 3.17. The lowest BCUT2D eigenvalue weighted by Crippen LogP contribution is -1.98. The minimum atomic E-state index is -1.17. The monoisotopic (exact) mass is 305 g/mol. The van der Waals surface area contributed by atoms with Crippen molar-refractivity contribution in [3.63, 3.8) is 0 Å². The van der Waals surface area contributed by atoms with E-state index in [9.17, 15) is 18.7 Å². The molecule has 3 nitrogen and oxygen atoms in total. The van der Waals surface area contributed by atoms with E-state index in [1.165, 1.54) is 37.4 Å². The highest BCUT2D eigenvalue weighted by molar-refractivity contribution is 7.21. The van der Waals surface area contributed by atoms with Crippen molar-refractivity contribution in [2.75, 3.05) is 0 Å². The molecule has 2 heterocycles. The van der Waals surface area contributed by atoms with Gasteiger partial charge < -0.3 is 5.11 Å². The second kappa shape index (κ2) is 4.89. The Morgan fingerprint density at radius 1 is 1.29 bits per heavy atom. The van der Waals surface area contributed by atoms with Gasteiger partial charge in [-0.3, -0.25) is 4.98 Å². The van der Waals surface area contributed by atoms with E-state index in [4.69, 9.17) is 0 Å². The van der Waals surface area contributed by atoms with Crippen LogP contribution in [0.1, 0.15) is 15.4 Å². The normalized spacial score (nSPS) is 11.0. The lowest BCUT2D eigenvalue weighted by Gasteiger charge is -2.05. The average Bonchev–Trinajstić information content (AvgIpc) is 2.80. The largest absolute Gasteiger partial charge is 0.477 e. The lowest BCUT2D eigenvalue weighted by molar-refractivity contribution is 0.0703. The SMILES string of the molecule is Cc1nccc(-c2c(C(=O)O)sc3cc(F)ccc23)c1F. The van der Waals surface area contributed by atoms with Crippen LogP contribution in [0.15, 0.2) is 30.5 Å². The van der Waals surface area contributed by atoms with Crippen LogP contribution in [0.5, 0.6) is 0 Å². The van der Waals surface area contributed by atoms with Gasteiger partial charge in [0.25, 0.3) is 0 Å². The molecule has 21 heavy (non-hydrogen) atoms. The van der Waals surface area contributed by atoms with E-state index in [2.05, 4.69) is 4.98 Å². The van der Waals surface area contributed by atoms with Crippen molar-refractivity contribution < 1.29 is 18.7 Å². The summed E-state index contributed by atoms with van der Waals surface area (Å²) in [6.07, 6.45) is 1.42. The molecule has 0 unspecified atom stereocenters. The number of pyridine rings is 1. The number of aromatic nitrogens is 1. The minimum absolute atomic E-state index is 0.0138. The van der Waals surface area contributed by atoms with E-state index in [1.807, 2.05) is 0 Å². The maximum absolute atomic E-state index is 14.3. The van der Waals surface area contributed by atoms with E-state index in [1.54, 1.807) is 0 Å². The Bertz CT molecular complexity index is 873. The van der Waals surface area contributed by atoms with Crippen molar-refractivity contribution in [3.05, 3.63) is 52.7 Å². The fraction of sp³-hybridized carbons (Fsp3) is 0.0667. The van der Waals surface area contributed by atoms with Crippen LogP contribution < -0.4 is 0 Å². The molecule has 0 bridgehead atoms. The van der Waals surface area contributed by atoms with Crippen molar-refractivity contribution in [3.8, 4) is 11.1 Å². The zero-order chi connectivity index (χ0) is 15.1. The van der Waals surface area contributed by atoms with Gasteiger partial charge in [0.1, 0.15) is 10.7 Å². The smallest absolute Gasteiger partial charge is 0.346 e. The number of aryl methyl sites for hydroxylation is 1. The van der Waals surface area contributed by atoms with Crippen LogP contribution in [0.25, 0.3) is 21.2 Å². The molecule has 106 valence electrons. The highest BCUT2D eigenvalue weighted by Crippen LogP contribution is 2.40. The maximum atomic E-state index is 14.3. The third kappa shape index (κ3) is 2.17. The number of carboxylic acids is 1. The first-order chi connectivity index (χ1) is 9.99. The summed E-state index contributed by atoms with van der Waals surface area (Å²) >= 11 is 0.929. The van der Waals surface area contributed by atoms with Gasteiger partial charge in [0, 0.05) is 27.4 Å². The van der Waals surface area contributed by atoms with E-state index >= 15 is 0 Å². The van der Waals surface area contributed by atoms with Crippen molar-refractivity contribution in [1.29, 1.82) is 0 Å². The van der Waals surface area contributed by atoms with Gasteiger partial charge in [-0.15, -0.1) is 11.3 Å². The molecule has 1 N–H and O–H groups in total. The van der Waals surface area contributed by atoms with Crippen molar-refractivity contribution in [2.45, 2.75) is 6.92 Å². The predicted octanol–water partition coefficient (Wildman–Crippen LogP) is 4.25. The standard InChI is InChI=1S/C15H9F2NO2S/c1-7-13(17)10(4-5-18-7)12-9-3-2-8(16)6-11(9)21-14(12)15(19)20/h2-6H,1H3,(H,19,20). The molecule has 6 heteroatoms. The van der Waals surface area contributed by atoms with E-state index in [-0.39, 0.29) is 21.7 Å². The molecule has 0 saturated heterocycles. The van der Waals surface area contributed by atoms with Crippen LogP contribution in [-0.4, -0.2) is 16.1 Å².